The van der Waals surface area contributed by atoms with Crippen LogP contribution in [-0.4, -0.2) is 49.5 Å². The summed E-state index contributed by atoms with van der Waals surface area (Å²) in [5, 5.41) is 13.0. The fourth-order valence-corrected chi connectivity index (χ4v) is 3.07. The second kappa shape index (κ2) is 8.27. The van der Waals surface area contributed by atoms with E-state index >= 15 is 0 Å². The van der Waals surface area contributed by atoms with Crippen LogP contribution in [-0.2, 0) is 23.7 Å². The van der Waals surface area contributed by atoms with Gasteiger partial charge in [0.2, 0.25) is 0 Å². The summed E-state index contributed by atoms with van der Waals surface area (Å²) in [4.78, 5) is 14.1. The van der Waals surface area contributed by atoms with Crippen LogP contribution in [0.5, 0.6) is 0 Å². The van der Waals surface area contributed by atoms with Crippen molar-refractivity contribution in [2.24, 2.45) is 5.11 Å². The lowest BCUT2D eigenvalue weighted by Crippen LogP contribution is -2.61. The van der Waals surface area contributed by atoms with Crippen molar-refractivity contribution < 1.29 is 23.7 Å². The highest BCUT2D eigenvalue weighted by Crippen LogP contribution is 2.36. The standard InChI is InChI=1S/C17H18N4O5/c1-10(22)8-23-16-14(20-21-19)12(7-18)25-13-9-24-17(26-15(13)16)11-5-3-2-4-6-11/h2-6,12-17H,8-9H2,1H3/t12-,13?,14?,15-,16+,17?/m0/s1. The summed E-state index contributed by atoms with van der Waals surface area (Å²) in [5.41, 5.74) is 9.68. The van der Waals surface area contributed by atoms with Crippen molar-refractivity contribution in [2.45, 2.75) is 43.7 Å². The first-order valence-electron chi connectivity index (χ1n) is 8.16. The van der Waals surface area contributed by atoms with Crippen molar-refractivity contribution >= 4 is 5.78 Å². The Bertz CT molecular complexity index is 730. The number of carbonyl (C=O) groups excluding carboxylic acids is 1. The molecule has 2 aliphatic rings. The Morgan fingerprint density at radius 3 is 2.85 bits per heavy atom. The van der Waals surface area contributed by atoms with E-state index in [1.807, 2.05) is 36.4 Å². The highest BCUT2D eigenvalue weighted by molar-refractivity contribution is 5.76. The number of ketones is 1. The summed E-state index contributed by atoms with van der Waals surface area (Å²) >= 11 is 0. The smallest absolute Gasteiger partial charge is 0.184 e. The number of nitriles is 1. The Morgan fingerprint density at radius 1 is 1.42 bits per heavy atom. The van der Waals surface area contributed by atoms with Crippen molar-refractivity contribution in [2.75, 3.05) is 13.2 Å². The van der Waals surface area contributed by atoms with Crippen LogP contribution in [0.2, 0.25) is 0 Å². The van der Waals surface area contributed by atoms with Gasteiger partial charge in [-0.25, -0.2) is 0 Å². The molecular formula is C17H18N4O5. The zero-order valence-electron chi connectivity index (χ0n) is 14.1. The Kier molecular flexibility index (Phi) is 5.83. The number of carbonyl (C=O) groups is 1. The number of hydrogen-bond acceptors (Lipinski definition) is 7. The van der Waals surface area contributed by atoms with E-state index < -0.39 is 36.7 Å². The van der Waals surface area contributed by atoms with Gasteiger partial charge in [-0.1, -0.05) is 35.4 Å². The van der Waals surface area contributed by atoms with Crippen LogP contribution in [0.15, 0.2) is 35.4 Å². The molecule has 0 amide bonds. The summed E-state index contributed by atoms with van der Waals surface area (Å²) in [6.07, 6.45) is -3.66. The van der Waals surface area contributed by atoms with Crippen molar-refractivity contribution in [3.63, 3.8) is 0 Å². The Hall–Kier alpha value is -2.47. The van der Waals surface area contributed by atoms with Crippen molar-refractivity contribution in [1.82, 2.24) is 0 Å². The minimum absolute atomic E-state index is 0.177. The average molecular weight is 358 g/mol. The summed E-state index contributed by atoms with van der Waals surface area (Å²) in [5.74, 6) is -0.187. The van der Waals surface area contributed by atoms with Gasteiger partial charge >= 0.3 is 0 Å². The third-order valence-electron chi connectivity index (χ3n) is 4.21. The maximum atomic E-state index is 11.4. The van der Waals surface area contributed by atoms with E-state index in [2.05, 4.69) is 10.0 Å². The van der Waals surface area contributed by atoms with Gasteiger partial charge in [0.15, 0.2) is 18.2 Å². The van der Waals surface area contributed by atoms with Crippen LogP contribution in [0, 0.1) is 11.3 Å². The molecule has 2 saturated heterocycles. The molecular weight excluding hydrogens is 340 g/mol. The molecule has 136 valence electrons. The highest BCUT2D eigenvalue weighted by atomic mass is 16.7. The minimum Gasteiger partial charge on any atom is -0.367 e. The Morgan fingerprint density at radius 2 is 2.19 bits per heavy atom. The summed E-state index contributed by atoms with van der Waals surface area (Å²) in [6, 6.07) is 10.4. The van der Waals surface area contributed by atoms with E-state index in [1.165, 1.54) is 6.92 Å². The molecule has 26 heavy (non-hydrogen) atoms. The molecule has 1 aromatic carbocycles. The van der Waals surface area contributed by atoms with Crippen molar-refractivity contribution in [3.05, 3.63) is 46.3 Å². The maximum Gasteiger partial charge on any atom is 0.184 e. The van der Waals surface area contributed by atoms with Gasteiger partial charge in [0, 0.05) is 10.5 Å². The lowest BCUT2D eigenvalue weighted by molar-refractivity contribution is -0.312. The van der Waals surface area contributed by atoms with Gasteiger partial charge in [-0.15, -0.1) is 0 Å². The second-order valence-electron chi connectivity index (χ2n) is 6.07. The van der Waals surface area contributed by atoms with Crippen LogP contribution in [0.25, 0.3) is 10.4 Å². The van der Waals surface area contributed by atoms with Crippen LogP contribution in [0.3, 0.4) is 0 Å². The lowest BCUT2D eigenvalue weighted by atomic mass is 9.92. The fraction of sp³-hybridized carbons (Fsp3) is 0.529. The van der Waals surface area contributed by atoms with E-state index in [0.717, 1.165) is 5.56 Å². The molecule has 2 fully saturated rings. The largest absolute Gasteiger partial charge is 0.367 e. The zero-order valence-corrected chi connectivity index (χ0v) is 14.1. The number of azide groups is 1. The molecule has 2 heterocycles. The molecule has 0 N–H and O–H groups in total. The van der Waals surface area contributed by atoms with Crippen LogP contribution in [0.1, 0.15) is 18.8 Å². The van der Waals surface area contributed by atoms with E-state index in [9.17, 15) is 10.1 Å². The molecule has 6 atom stereocenters. The molecule has 0 bridgehead atoms. The van der Waals surface area contributed by atoms with Crippen molar-refractivity contribution in [3.8, 4) is 6.07 Å². The number of nitrogens with zero attached hydrogens (tertiary/aromatic N) is 4. The van der Waals surface area contributed by atoms with E-state index in [0.29, 0.717) is 0 Å². The van der Waals surface area contributed by atoms with E-state index in [-0.39, 0.29) is 19.0 Å². The summed E-state index contributed by atoms with van der Waals surface area (Å²) in [6.45, 7) is 1.40. The highest BCUT2D eigenvalue weighted by Gasteiger charge is 2.50. The van der Waals surface area contributed by atoms with Gasteiger partial charge in [-0.05, 0) is 12.5 Å². The topological polar surface area (TPSA) is 127 Å². The molecule has 2 aliphatic heterocycles. The number of Topliss-reactive ketones (excluding diaryl/α,β-unsaturated/α-hetero) is 1. The fourth-order valence-electron chi connectivity index (χ4n) is 3.07. The van der Waals surface area contributed by atoms with Crippen LogP contribution >= 0.6 is 0 Å². The Labute approximate surface area is 150 Å². The molecule has 3 rings (SSSR count). The predicted octanol–water partition coefficient (Wildman–Crippen LogP) is 2.04. The number of hydrogen-bond donors (Lipinski definition) is 0. The maximum absolute atomic E-state index is 11.4. The van der Waals surface area contributed by atoms with Crippen LogP contribution in [0.4, 0.5) is 0 Å². The molecule has 0 spiro atoms. The van der Waals surface area contributed by atoms with E-state index in [1.54, 1.807) is 0 Å². The SMILES string of the molecule is CC(=O)CO[C@@H]1C(N=[N+]=[N-])[C@H](C#N)OC2COC(c3ccccc3)O[C@@H]21. The molecule has 3 unspecified atom stereocenters. The van der Waals surface area contributed by atoms with Gasteiger partial charge in [-0.2, -0.15) is 5.26 Å². The Balaban J connectivity index is 1.86. The normalized spacial score (nSPS) is 33.4. The zero-order chi connectivity index (χ0) is 18.5. The van der Waals surface area contributed by atoms with Crippen molar-refractivity contribution in [1.29, 1.82) is 5.26 Å². The van der Waals surface area contributed by atoms with Crippen LogP contribution < -0.4 is 0 Å². The van der Waals surface area contributed by atoms with E-state index in [4.69, 9.17) is 24.5 Å². The minimum atomic E-state index is -1.01. The monoisotopic (exact) mass is 358 g/mol. The third-order valence-corrected chi connectivity index (χ3v) is 4.21. The van der Waals surface area contributed by atoms with Gasteiger partial charge in [0.25, 0.3) is 0 Å². The van der Waals surface area contributed by atoms with Gasteiger partial charge in [0.05, 0.1) is 18.8 Å². The molecule has 0 saturated carbocycles. The molecule has 0 aromatic heterocycles. The number of benzene rings is 1. The summed E-state index contributed by atoms with van der Waals surface area (Å²) in [7, 11) is 0. The summed E-state index contributed by atoms with van der Waals surface area (Å²) < 4.78 is 23.1. The molecule has 0 radical (unpaired) electrons. The van der Waals surface area contributed by atoms with Gasteiger partial charge in [0.1, 0.15) is 24.9 Å². The first-order valence-corrected chi connectivity index (χ1v) is 8.16. The first kappa shape index (κ1) is 18.3. The molecule has 9 heteroatoms. The quantitative estimate of drug-likeness (QED) is 0.450. The lowest BCUT2D eigenvalue weighted by Gasteiger charge is -2.46. The molecule has 1 aromatic rings. The second-order valence-corrected chi connectivity index (χ2v) is 6.07. The number of fused-ring (bicyclic) bond motifs is 1. The molecule has 9 nitrogen and oxygen atoms in total. The predicted molar refractivity (Wildman–Crippen MR) is 87.6 cm³/mol. The number of ether oxygens (including phenoxy) is 4. The average Bonchev–Trinajstić information content (AvgIpc) is 2.67. The molecule has 0 aliphatic carbocycles. The van der Waals surface area contributed by atoms with Gasteiger partial charge < -0.3 is 18.9 Å². The first-order chi connectivity index (χ1) is 12.6. The van der Waals surface area contributed by atoms with Gasteiger partial charge in [-0.3, -0.25) is 4.79 Å². The number of rotatable bonds is 5. The third kappa shape index (κ3) is 3.85.